The number of halogens is 1. The van der Waals surface area contributed by atoms with Crippen LogP contribution in [0.25, 0.3) is 0 Å². The highest BCUT2D eigenvalue weighted by Crippen LogP contribution is 2.38. The van der Waals surface area contributed by atoms with Crippen molar-refractivity contribution >= 4 is 5.91 Å². The van der Waals surface area contributed by atoms with E-state index in [2.05, 4.69) is 5.32 Å². The van der Waals surface area contributed by atoms with E-state index in [1.807, 2.05) is 6.92 Å². The van der Waals surface area contributed by atoms with Gasteiger partial charge < -0.3 is 11.1 Å². The van der Waals surface area contributed by atoms with Gasteiger partial charge in [0.15, 0.2) is 0 Å². The molecule has 0 aromatic heterocycles. The minimum absolute atomic E-state index is 0.0542. The molecule has 1 amide bonds. The Morgan fingerprint density at radius 2 is 2.06 bits per heavy atom. The van der Waals surface area contributed by atoms with E-state index in [-0.39, 0.29) is 23.7 Å². The van der Waals surface area contributed by atoms with Crippen molar-refractivity contribution < 1.29 is 9.18 Å². The van der Waals surface area contributed by atoms with E-state index < -0.39 is 0 Å². The summed E-state index contributed by atoms with van der Waals surface area (Å²) in [5.41, 5.74) is 6.26. The second-order valence-corrected chi connectivity index (χ2v) is 5.25. The number of nitrogens with one attached hydrogen (secondary N) is 1. The predicted octanol–water partition coefficient (Wildman–Crippen LogP) is 1.61. The van der Waals surface area contributed by atoms with Crippen LogP contribution in [0.2, 0.25) is 0 Å². The van der Waals surface area contributed by atoms with Crippen molar-refractivity contribution in [1.82, 2.24) is 5.32 Å². The first kappa shape index (κ1) is 13.0. The van der Waals surface area contributed by atoms with Gasteiger partial charge in [-0.05, 0) is 43.4 Å². The van der Waals surface area contributed by atoms with Crippen molar-refractivity contribution in [3.05, 3.63) is 35.6 Å². The summed E-state index contributed by atoms with van der Waals surface area (Å²) in [5.74, 6) is 0.157. The molecule has 1 aromatic carbocycles. The Labute approximate surface area is 107 Å². The predicted molar refractivity (Wildman–Crippen MR) is 68.4 cm³/mol. The zero-order chi connectivity index (χ0) is 13.2. The lowest BCUT2D eigenvalue weighted by molar-refractivity contribution is -0.122. The molecule has 0 spiro atoms. The number of benzene rings is 1. The molecule has 3 nitrogen and oxygen atoms in total. The molecule has 2 rings (SSSR count). The summed E-state index contributed by atoms with van der Waals surface area (Å²) in [6, 6.07) is 5.99. The lowest BCUT2D eigenvalue weighted by atomic mass is 9.95. The Hall–Kier alpha value is -1.42. The van der Waals surface area contributed by atoms with E-state index in [1.165, 1.54) is 12.1 Å². The van der Waals surface area contributed by atoms with Gasteiger partial charge in [-0.25, -0.2) is 4.39 Å². The fraction of sp³-hybridized carbons (Fsp3) is 0.500. The molecule has 3 N–H and O–H groups in total. The van der Waals surface area contributed by atoms with Crippen LogP contribution in [0.3, 0.4) is 0 Å². The lowest BCUT2D eigenvalue weighted by Crippen LogP contribution is -2.53. The molecule has 4 heteroatoms. The molecule has 0 aliphatic heterocycles. The van der Waals surface area contributed by atoms with Gasteiger partial charge in [0.25, 0.3) is 0 Å². The Morgan fingerprint density at radius 3 is 2.56 bits per heavy atom. The molecule has 0 bridgehead atoms. The summed E-state index contributed by atoms with van der Waals surface area (Å²) >= 11 is 0. The summed E-state index contributed by atoms with van der Waals surface area (Å²) in [6.45, 7) is 2.44. The van der Waals surface area contributed by atoms with Gasteiger partial charge in [-0.1, -0.05) is 12.1 Å². The van der Waals surface area contributed by atoms with Crippen LogP contribution in [0.15, 0.2) is 24.3 Å². The molecule has 1 aliphatic carbocycles. The molecule has 0 heterocycles. The van der Waals surface area contributed by atoms with E-state index in [4.69, 9.17) is 5.73 Å². The van der Waals surface area contributed by atoms with Crippen LogP contribution < -0.4 is 11.1 Å². The summed E-state index contributed by atoms with van der Waals surface area (Å²) in [6.07, 6.45) is 2.53. The number of hydrogen-bond acceptors (Lipinski definition) is 2. The first-order valence-corrected chi connectivity index (χ1v) is 6.29. The van der Waals surface area contributed by atoms with E-state index >= 15 is 0 Å². The van der Waals surface area contributed by atoms with E-state index in [0.29, 0.717) is 12.5 Å². The molecular formula is C14H19FN2O. The molecule has 98 valence electrons. The monoisotopic (exact) mass is 250 g/mol. The Bertz CT molecular complexity index is 428. The van der Waals surface area contributed by atoms with Crippen LogP contribution in [0.5, 0.6) is 0 Å². The van der Waals surface area contributed by atoms with Gasteiger partial charge in [0.1, 0.15) is 5.82 Å². The van der Waals surface area contributed by atoms with Crippen LogP contribution in [-0.2, 0) is 11.2 Å². The number of hydrogen-bond donors (Lipinski definition) is 2. The second-order valence-electron chi connectivity index (χ2n) is 5.25. The molecule has 0 saturated heterocycles. The molecule has 1 fully saturated rings. The Balaban J connectivity index is 1.93. The van der Waals surface area contributed by atoms with E-state index in [0.717, 1.165) is 18.4 Å². The normalized spacial score (nSPS) is 18.2. The van der Waals surface area contributed by atoms with Crippen LogP contribution in [0.1, 0.15) is 25.3 Å². The summed E-state index contributed by atoms with van der Waals surface area (Å²) < 4.78 is 12.7. The highest BCUT2D eigenvalue weighted by Gasteiger charge is 2.41. The zero-order valence-corrected chi connectivity index (χ0v) is 10.6. The molecule has 1 aromatic rings. The Kier molecular flexibility index (Phi) is 3.66. The van der Waals surface area contributed by atoms with Crippen LogP contribution in [-0.4, -0.2) is 18.0 Å². The molecule has 1 unspecified atom stereocenters. The number of nitrogens with two attached hydrogens (primary N) is 1. The summed E-state index contributed by atoms with van der Waals surface area (Å²) in [4.78, 5) is 11.9. The standard InChI is InChI=1S/C14H19FN2O/c1-14(9-16,11-4-5-11)17-13(18)8-10-2-6-12(15)7-3-10/h2-3,6-7,11H,4-5,8-9,16H2,1H3,(H,17,18). The highest BCUT2D eigenvalue weighted by atomic mass is 19.1. The van der Waals surface area contributed by atoms with Crippen LogP contribution in [0.4, 0.5) is 4.39 Å². The molecule has 1 aliphatic rings. The van der Waals surface area contributed by atoms with E-state index in [1.54, 1.807) is 12.1 Å². The van der Waals surface area contributed by atoms with Gasteiger partial charge in [0.05, 0.1) is 12.0 Å². The van der Waals surface area contributed by atoms with Crippen molar-refractivity contribution in [3.63, 3.8) is 0 Å². The number of carbonyl (C=O) groups excluding carboxylic acids is 1. The average molecular weight is 250 g/mol. The fourth-order valence-corrected chi connectivity index (χ4v) is 2.19. The van der Waals surface area contributed by atoms with Gasteiger partial charge in [-0.15, -0.1) is 0 Å². The SMILES string of the molecule is CC(CN)(NC(=O)Cc1ccc(F)cc1)C1CC1. The van der Waals surface area contributed by atoms with Crippen LogP contribution in [0, 0.1) is 11.7 Å². The summed E-state index contributed by atoms with van der Waals surface area (Å²) in [5, 5.41) is 3.01. The van der Waals surface area contributed by atoms with Crippen LogP contribution >= 0.6 is 0 Å². The third-order valence-electron chi connectivity index (χ3n) is 3.61. The van der Waals surface area contributed by atoms with Crippen molar-refractivity contribution in [1.29, 1.82) is 0 Å². The Morgan fingerprint density at radius 1 is 1.44 bits per heavy atom. The first-order chi connectivity index (χ1) is 8.53. The maximum absolute atomic E-state index is 12.7. The third kappa shape index (κ3) is 3.07. The highest BCUT2D eigenvalue weighted by molar-refractivity contribution is 5.79. The smallest absolute Gasteiger partial charge is 0.224 e. The van der Waals surface area contributed by atoms with Crippen molar-refractivity contribution in [2.24, 2.45) is 11.7 Å². The van der Waals surface area contributed by atoms with Gasteiger partial charge in [0, 0.05) is 6.54 Å². The molecule has 1 saturated carbocycles. The quantitative estimate of drug-likeness (QED) is 0.834. The second kappa shape index (κ2) is 5.06. The minimum Gasteiger partial charge on any atom is -0.349 e. The fourth-order valence-electron chi connectivity index (χ4n) is 2.19. The van der Waals surface area contributed by atoms with Crippen molar-refractivity contribution in [2.45, 2.75) is 31.7 Å². The van der Waals surface area contributed by atoms with Gasteiger partial charge in [0.2, 0.25) is 5.91 Å². The molecular weight excluding hydrogens is 231 g/mol. The summed E-state index contributed by atoms with van der Waals surface area (Å²) in [7, 11) is 0. The molecule has 0 radical (unpaired) electrons. The van der Waals surface area contributed by atoms with Gasteiger partial charge in [-0.2, -0.15) is 0 Å². The number of amides is 1. The molecule has 18 heavy (non-hydrogen) atoms. The average Bonchev–Trinajstić information content (AvgIpc) is 3.16. The largest absolute Gasteiger partial charge is 0.349 e. The zero-order valence-electron chi connectivity index (χ0n) is 10.6. The number of carbonyl (C=O) groups is 1. The first-order valence-electron chi connectivity index (χ1n) is 6.29. The third-order valence-corrected chi connectivity index (χ3v) is 3.61. The van der Waals surface area contributed by atoms with Crippen molar-refractivity contribution in [2.75, 3.05) is 6.54 Å². The maximum Gasteiger partial charge on any atom is 0.224 e. The minimum atomic E-state index is -0.295. The van der Waals surface area contributed by atoms with E-state index in [9.17, 15) is 9.18 Å². The topological polar surface area (TPSA) is 55.1 Å². The van der Waals surface area contributed by atoms with Gasteiger partial charge >= 0.3 is 0 Å². The van der Waals surface area contributed by atoms with Gasteiger partial charge in [-0.3, -0.25) is 4.79 Å². The van der Waals surface area contributed by atoms with Crippen molar-refractivity contribution in [3.8, 4) is 0 Å². The number of rotatable bonds is 5. The lowest BCUT2D eigenvalue weighted by Gasteiger charge is -2.29. The maximum atomic E-state index is 12.7. The molecule has 1 atom stereocenters.